The minimum atomic E-state index is -0.345. The van der Waals surface area contributed by atoms with E-state index in [1.807, 2.05) is 36.4 Å². The topological polar surface area (TPSA) is 49.9 Å². The van der Waals surface area contributed by atoms with Gasteiger partial charge in [-0.3, -0.25) is 0 Å². The largest absolute Gasteiger partial charge is 0.456 e. The number of furan rings is 1. The Morgan fingerprint density at radius 2 is 1.22 bits per heavy atom. The molecule has 4 heteroatoms. The monoisotopic (exact) mass is 525 g/mol. The summed E-state index contributed by atoms with van der Waals surface area (Å²) >= 11 is 0. The molecular formula is C37H23N3O. The van der Waals surface area contributed by atoms with Gasteiger partial charge in [0.05, 0.1) is 0 Å². The van der Waals surface area contributed by atoms with Crippen LogP contribution in [0.15, 0.2) is 142 Å². The number of rotatable bonds is 3. The number of amidine groups is 2. The second kappa shape index (κ2) is 8.51. The summed E-state index contributed by atoms with van der Waals surface area (Å²) < 4.78 is 6.59. The van der Waals surface area contributed by atoms with Crippen LogP contribution >= 0.6 is 0 Å². The minimum Gasteiger partial charge on any atom is -0.456 e. The molecule has 0 radical (unpaired) electrons. The van der Waals surface area contributed by atoms with Crippen molar-refractivity contribution in [2.75, 3.05) is 0 Å². The molecule has 2 heterocycles. The maximum absolute atomic E-state index is 6.59. The Morgan fingerprint density at radius 1 is 0.537 bits per heavy atom. The van der Waals surface area contributed by atoms with E-state index >= 15 is 0 Å². The Morgan fingerprint density at radius 3 is 2.02 bits per heavy atom. The van der Waals surface area contributed by atoms with E-state index in [1.165, 1.54) is 33.0 Å². The van der Waals surface area contributed by atoms with Crippen LogP contribution in [-0.2, 0) is 0 Å². The van der Waals surface area contributed by atoms with Gasteiger partial charge in [0.15, 0.2) is 5.84 Å². The van der Waals surface area contributed by atoms with Gasteiger partial charge in [-0.15, -0.1) is 0 Å². The quantitative estimate of drug-likeness (QED) is 0.250. The first-order valence-corrected chi connectivity index (χ1v) is 13.9. The third-order valence-corrected chi connectivity index (χ3v) is 8.28. The summed E-state index contributed by atoms with van der Waals surface area (Å²) in [6, 6.07) is 44.2. The molecule has 0 amide bonds. The molecule has 0 fully saturated rings. The molecule has 0 bridgehead atoms. The number of benzene rings is 6. The predicted molar refractivity (Wildman–Crippen MR) is 167 cm³/mol. The molecule has 0 spiro atoms. The number of hydrogen-bond acceptors (Lipinski definition) is 4. The molecule has 9 rings (SSSR count). The third-order valence-electron chi connectivity index (χ3n) is 8.28. The number of nitrogens with one attached hydrogen (secondary N) is 1. The smallest absolute Gasteiger partial charge is 0.159 e. The fourth-order valence-electron chi connectivity index (χ4n) is 6.50. The highest BCUT2D eigenvalue weighted by Gasteiger charge is 2.28. The second-order valence-corrected chi connectivity index (χ2v) is 10.6. The Balaban J connectivity index is 1.31. The fourth-order valence-corrected chi connectivity index (χ4v) is 6.50. The molecule has 6 aromatic carbocycles. The summed E-state index contributed by atoms with van der Waals surface area (Å²) in [5, 5.41) is 8.36. The van der Waals surface area contributed by atoms with Crippen molar-refractivity contribution in [3.8, 4) is 22.3 Å². The third kappa shape index (κ3) is 3.28. The zero-order chi connectivity index (χ0) is 26.9. The van der Waals surface area contributed by atoms with Crippen molar-refractivity contribution in [3.05, 3.63) is 144 Å². The van der Waals surface area contributed by atoms with E-state index in [9.17, 15) is 0 Å². The van der Waals surface area contributed by atoms with Crippen LogP contribution in [0.1, 0.15) is 22.9 Å². The average Bonchev–Trinajstić information content (AvgIpc) is 3.59. The van der Waals surface area contributed by atoms with Crippen molar-refractivity contribution < 1.29 is 4.42 Å². The molecule has 4 nitrogen and oxygen atoms in total. The van der Waals surface area contributed by atoms with E-state index < -0.39 is 0 Å². The van der Waals surface area contributed by atoms with E-state index in [0.29, 0.717) is 5.84 Å². The van der Waals surface area contributed by atoms with Gasteiger partial charge in [-0.25, -0.2) is 9.98 Å². The van der Waals surface area contributed by atoms with Gasteiger partial charge in [0.1, 0.15) is 23.2 Å². The van der Waals surface area contributed by atoms with Crippen molar-refractivity contribution in [3.63, 3.8) is 0 Å². The molecule has 41 heavy (non-hydrogen) atoms. The first kappa shape index (κ1) is 22.3. The number of fused-ring (bicyclic) bond motifs is 7. The fraction of sp³-hybridized carbons (Fsp3) is 0.0270. The van der Waals surface area contributed by atoms with Gasteiger partial charge in [-0.2, -0.15) is 0 Å². The average molecular weight is 526 g/mol. The number of hydrogen-bond donors (Lipinski definition) is 1. The molecular weight excluding hydrogens is 502 g/mol. The van der Waals surface area contributed by atoms with E-state index in [1.54, 1.807) is 0 Å². The van der Waals surface area contributed by atoms with Gasteiger partial charge in [-0.1, -0.05) is 115 Å². The van der Waals surface area contributed by atoms with Crippen LogP contribution in [-0.4, -0.2) is 11.7 Å². The van der Waals surface area contributed by atoms with E-state index in [4.69, 9.17) is 14.4 Å². The first-order valence-electron chi connectivity index (χ1n) is 13.9. The van der Waals surface area contributed by atoms with Crippen LogP contribution in [0.25, 0.3) is 55.0 Å². The maximum atomic E-state index is 6.59. The summed E-state index contributed by atoms with van der Waals surface area (Å²) in [5.74, 6) is 1.51. The Bertz CT molecular complexity index is 2230. The van der Waals surface area contributed by atoms with Crippen LogP contribution in [0.2, 0.25) is 0 Å². The van der Waals surface area contributed by atoms with Crippen molar-refractivity contribution in [2.45, 2.75) is 6.17 Å². The summed E-state index contributed by atoms with van der Waals surface area (Å²) in [5.41, 5.74) is 9.87. The van der Waals surface area contributed by atoms with Crippen LogP contribution in [0, 0.1) is 0 Å². The highest BCUT2D eigenvalue weighted by Crippen LogP contribution is 2.51. The summed E-state index contributed by atoms with van der Waals surface area (Å²) in [6.45, 7) is 0. The molecule has 192 valence electrons. The Kier molecular flexibility index (Phi) is 4.64. The summed E-state index contributed by atoms with van der Waals surface area (Å²) in [7, 11) is 0. The van der Waals surface area contributed by atoms with Crippen LogP contribution in [0.4, 0.5) is 0 Å². The van der Waals surface area contributed by atoms with Crippen molar-refractivity contribution >= 4 is 44.4 Å². The van der Waals surface area contributed by atoms with Gasteiger partial charge >= 0.3 is 0 Å². The predicted octanol–water partition coefficient (Wildman–Crippen LogP) is 8.88. The van der Waals surface area contributed by atoms with Crippen molar-refractivity contribution in [1.82, 2.24) is 5.32 Å². The molecule has 1 atom stereocenters. The zero-order valence-corrected chi connectivity index (χ0v) is 22.0. The van der Waals surface area contributed by atoms with Crippen molar-refractivity contribution in [1.29, 1.82) is 0 Å². The van der Waals surface area contributed by atoms with Crippen LogP contribution < -0.4 is 5.32 Å². The van der Waals surface area contributed by atoms with Gasteiger partial charge in [-0.05, 0) is 45.2 Å². The lowest BCUT2D eigenvalue weighted by Gasteiger charge is -2.24. The Labute approximate surface area is 236 Å². The molecule has 1 aliphatic heterocycles. The van der Waals surface area contributed by atoms with E-state index in [2.05, 4.69) is 96.3 Å². The highest BCUT2D eigenvalue weighted by atomic mass is 16.3. The summed E-state index contributed by atoms with van der Waals surface area (Å²) in [4.78, 5) is 10.1. The lowest BCUT2D eigenvalue weighted by atomic mass is 9.96. The van der Waals surface area contributed by atoms with Crippen LogP contribution in [0.5, 0.6) is 0 Å². The van der Waals surface area contributed by atoms with E-state index in [0.717, 1.165) is 44.5 Å². The second-order valence-electron chi connectivity index (χ2n) is 10.6. The molecule has 1 unspecified atom stereocenters. The highest BCUT2D eigenvalue weighted by molar-refractivity contribution is 6.28. The molecule has 0 saturated carbocycles. The van der Waals surface area contributed by atoms with Gasteiger partial charge < -0.3 is 9.73 Å². The maximum Gasteiger partial charge on any atom is 0.159 e. The first-order chi connectivity index (χ1) is 20.3. The van der Waals surface area contributed by atoms with Gasteiger partial charge in [0.2, 0.25) is 0 Å². The zero-order valence-electron chi connectivity index (χ0n) is 22.0. The molecule has 1 N–H and O–H groups in total. The number of aliphatic imine (C=N–C) groups is 2. The van der Waals surface area contributed by atoms with Gasteiger partial charge in [0, 0.05) is 27.5 Å². The minimum absolute atomic E-state index is 0.345. The summed E-state index contributed by atoms with van der Waals surface area (Å²) in [6.07, 6.45) is -0.345. The lowest BCUT2D eigenvalue weighted by Crippen LogP contribution is -2.33. The van der Waals surface area contributed by atoms with Crippen LogP contribution in [0.3, 0.4) is 0 Å². The molecule has 0 saturated heterocycles. The SMILES string of the molecule is c1ccc(C2=NC(c3cccc4oc5cc6c7c(cccc7c5c34)-c3ccccc3-6)NC(c3ccccc3)=N2)cc1. The molecule has 1 aromatic heterocycles. The van der Waals surface area contributed by atoms with E-state index in [-0.39, 0.29) is 6.17 Å². The van der Waals surface area contributed by atoms with Gasteiger partial charge in [0.25, 0.3) is 0 Å². The molecule has 1 aliphatic carbocycles. The Hall–Kier alpha value is -5.48. The lowest BCUT2D eigenvalue weighted by molar-refractivity contribution is 0.662. The standard InChI is InChI=1S/C37H23N3O/c1-3-11-22(12-4-1)35-38-36(23-13-5-2-6-14-23)40-37(39-35)28-19-10-20-30-34(28)33-27-18-9-17-26-24-15-7-8-16-25(24)29(32(26)27)21-31(33)41-30/h1-21,37H,(H,38,39,40). The normalized spacial score (nSPS) is 15.6. The van der Waals surface area contributed by atoms with Crippen molar-refractivity contribution in [2.24, 2.45) is 9.98 Å². The molecule has 7 aromatic rings. The number of nitrogens with zero attached hydrogens (tertiary/aromatic N) is 2. The molecule has 2 aliphatic rings.